The molecule has 0 aliphatic rings. The van der Waals surface area contributed by atoms with Gasteiger partial charge in [0.15, 0.2) is 17.5 Å². The quantitative estimate of drug-likeness (QED) is 0.157. The van der Waals surface area contributed by atoms with E-state index in [-0.39, 0.29) is 0 Å². The Morgan fingerprint density at radius 2 is 0.615 bits per heavy atom. The van der Waals surface area contributed by atoms with Crippen molar-refractivity contribution in [1.29, 1.82) is 0 Å². The Kier molecular flexibility index (Phi) is 8.71. The van der Waals surface area contributed by atoms with Crippen LogP contribution in [0.1, 0.15) is 0 Å². The summed E-state index contributed by atoms with van der Waals surface area (Å²) in [5.74, 6) is 1.95. The van der Waals surface area contributed by atoms with Gasteiger partial charge in [0, 0.05) is 36.9 Å². The van der Waals surface area contributed by atoms with Gasteiger partial charge < -0.3 is 0 Å². The molecule has 0 radical (unpaired) electrons. The molecule has 13 rings (SSSR count). The van der Waals surface area contributed by atoms with Crippen molar-refractivity contribution in [1.82, 2.24) is 15.0 Å². The number of thiophene rings is 1. The summed E-state index contributed by atoms with van der Waals surface area (Å²) in [6.07, 6.45) is 0. The van der Waals surface area contributed by atoms with Gasteiger partial charge in [-0.05, 0) is 94.7 Å². The zero-order valence-corrected chi connectivity index (χ0v) is 35.9. The van der Waals surface area contributed by atoms with Crippen molar-refractivity contribution in [3.05, 3.63) is 224 Å². The molecule has 0 atom stereocenters. The van der Waals surface area contributed by atoms with Gasteiger partial charge in [0.1, 0.15) is 0 Å². The second-order valence-electron chi connectivity index (χ2n) is 16.6. The van der Waals surface area contributed by atoms with E-state index in [1.807, 2.05) is 18.2 Å². The number of hydrogen-bond donors (Lipinski definition) is 0. The van der Waals surface area contributed by atoms with Gasteiger partial charge in [-0.25, -0.2) is 15.0 Å². The van der Waals surface area contributed by atoms with E-state index in [4.69, 9.17) is 15.0 Å². The van der Waals surface area contributed by atoms with E-state index in [2.05, 4.69) is 206 Å². The summed E-state index contributed by atoms with van der Waals surface area (Å²) in [7, 11) is 0. The molecule has 0 unspecified atom stereocenters. The first-order valence-corrected chi connectivity index (χ1v) is 22.8. The van der Waals surface area contributed by atoms with Crippen molar-refractivity contribution >= 4 is 74.6 Å². The number of nitrogens with zero attached hydrogens (tertiary/aromatic N) is 3. The molecule has 13 aromatic rings. The van der Waals surface area contributed by atoms with Gasteiger partial charge in [0.25, 0.3) is 0 Å². The molecule has 0 fully saturated rings. The molecule has 0 saturated carbocycles. The van der Waals surface area contributed by atoms with Crippen LogP contribution in [0.4, 0.5) is 0 Å². The monoisotopic (exact) mass is 843 g/mol. The average molecular weight is 844 g/mol. The highest BCUT2D eigenvalue weighted by molar-refractivity contribution is 7.26. The van der Waals surface area contributed by atoms with Gasteiger partial charge >= 0.3 is 0 Å². The Labute approximate surface area is 379 Å². The summed E-state index contributed by atoms with van der Waals surface area (Å²) in [5.41, 5.74) is 10.2. The van der Waals surface area contributed by atoms with Crippen LogP contribution in [0.15, 0.2) is 224 Å². The lowest BCUT2D eigenvalue weighted by Gasteiger charge is -2.21. The van der Waals surface area contributed by atoms with Crippen LogP contribution in [0.3, 0.4) is 0 Å². The Morgan fingerprint density at radius 1 is 0.231 bits per heavy atom. The number of aromatic nitrogens is 3. The van der Waals surface area contributed by atoms with Gasteiger partial charge in [-0.2, -0.15) is 0 Å². The predicted molar refractivity (Wildman–Crippen MR) is 275 cm³/mol. The van der Waals surface area contributed by atoms with Crippen molar-refractivity contribution in [3.8, 4) is 67.5 Å². The van der Waals surface area contributed by atoms with E-state index in [1.165, 1.54) is 85.9 Å². The molecule has 0 saturated heterocycles. The van der Waals surface area contributed by atoms with Crippen LogP contribution < -0.4 is 0 Å². The van der Waals surface area contributed by atoms with Crippen molar-refractivity contribution in [3.63, 3.8) is 0 Å². The molecule has 2 heterocycles. The lowest BCUT2D eigenvalue weighted by Crippen LogP contribution is -2.01. The normalized spacial score (nSPS) is 11.7. The second-order valence-corrected chi connectivity index (χ2v) is 17.6. The van der Waals surface area contributed by atoms with Crippen molar-refractivity contribution in [2.45, 2.75) is 0 Å². The summed E-state index contributed by atoms with van der Waals surface area (Å²) in [5, 5.41) is 12.0. The first-order valence-electron chi connectivity index (χ1n) is 22.0. The van der Waals surface area contributed by atoms with Crippen LogP contribution >= 0.6 is 11.3 Å². The molecule has 0 amide bonds. The smallest absolute Gasteiger partial charge is 0.165 e. The zero-order valence-electron chi connectivity index (χ0n) is 35.1. The minimum absolute atomic E-state index is 0.644. The Hall–Kier alpha value is -8.31. The van der Waals surface area contributed by atoms with Crippen molar-refractivity contribution in [2.75, 3.05) is 0 Å². The first-order chi connectivity index (χ1) is 32.3. The fraction of sp³-hybridized carbons (Fsp3) is 0. The zero-order chi connectivity index (χ0) is 42.8. The number of benzene rings is 11. The second kappa shape index (κ2) is 15.2. The minimum Gasteiger partial charge on any atom is -0.208 e. The fourth-order valence-electron chi connectivity index (χ4n) is 10.1. The molecule has 65 heavy (non-hydrogen) atoms. The largest absolute Gasteiger partial charge is 0.208 e. The highest BCUT2D eigenvalue weighted by atomic mass is 32.1. The fourth-order valence-corrected chi connectivity index (χ4v) is 11.3. The van der Waals surface area contributed by atoms with E-state index in [0.717, 1.165) is 27.5 Å². The van der Waals surface area contributed by atoms with Crippen LogP contribution in [0, 0.1) is 0 Å². The summed E-state index contributed by atoms with van der Waals surface area (Å²) >= 11 is 1.79. The lowest BCUT2D eigenvalue weighted by atomic mass is 9.82. The van der Waals surface area contributed by atoms with Crippen LogP contribution in [0.5, 0.6) is 0 Å². The molecule has 0 aliphatic carbocycles. The van der Waals surface area contributed by atoms with Gasteiger partial charge in [0.2, 0.25) is 0 Å². The number of fused-ring (bicyclic) bond motifs is 7. The van der Waals surface area contributed by atoms with Gasteiger partial charge in [0.05, 0.1) is 0 Å². The maximum Gasteiger partial charge on any atom is 0.165 e. The van der Waals surface area contributed by atoms with E-state index in [1.54, 1.807) is 11.3 Å². The Morgan fingerprint density at radius 3 is 1.18 bits per heavy atom. The molecule has 0 aliphatic heterocycles. The maximum absolute atomic E-state index is 5.35. The molecular weight excluding hydrogens is 807 g/mol. The Balaban J connectivity index is 1.04. The highest BCUT2D eigenvalue weighted by Gasteiger charge is 2.22. The standard InChI is InChI=1S/C61H37N3S/c1-3-18-38(19-4-1)40-34-35-50(42-23-8-7-22-41(40)42)56-46-27-11-13-29-48(46)57(49-30-14-12-28-47(49)56)51-36-37-53(44-25-10-9-24-43(44)51)60-62-59(39-20-5-2-6-21-39)63-61(64-60)54-32-17-31-52-45-26-15-16-33-55(45)65-58(52)54/h1-37H. The molecule has 0 spiro atoms. The first kappa shape index (κ1) is 37.3. The summed E-state index contributed by atoms with van der Waals surface area (Å²) in [6, 6.07) is 80.6. The minimum atomic E-state index is 0.644. The van der Waals surface area contributed by atoms with Crippen LogP contribution in [-0.4, -0.2) is 15.0 Å². The lowest BCUT2D eigenvalue weighted by molar-refractivity contribution is 1.08. The summed E-state index contributed by atoms with van der Waals surface area (Å²) in [6.45, 7) is 0. The molecule has 0 N–H and O–H groups in total. The molecule has 3 nitrogen and oxygen atoms in total. The maximum atomic E-state index is 5.35. The molecule has 302 valence electrons. The van der Waals surface area contributed by atoms with Crippen molar-refractivity contribution in [2.24, 2.45) is 0 Å². The third-order valence-electron chi connectivity index (χ3n) is 13.0. The van der Waals surface area contributed by atoms with E-state index < -0.39 is 0 Å². The number of hydrogen-bond acceptors (Lipinski definition) is 4. The van der Waals surface area contributed by atoms with Gasteiger partial charge in [-0.15, -0.1) is 11.3 Å². The van der Waals surface area contributed by atoms with Gasteiger partial charge in [-0.3, -0.25) is 0 Å². The number of rotatable bonds is 6. The van der Waals surface area contributed by atoms with Crippen LogP contribution in [0.25, 0.3) is 131 Å². The van der Waals surface area contributed by atoms with E-state index in [0.29, 0.717) is 17.5 Å². The SMILES string of the molecule is c1ccc(-c2nc(-c3ccc(-c4c5ccccc5c(-c5ccc(-c6ccccc6)c6ccccc56)c5ccccc45)c4ccccc34)nc(-c3cccc4c3sc3ccccc34)n2)cc1. The third-order valence-corrected chi connectivity index (χ3v) is 14.2. The predicted octanol–water partition coefficient (Wildman–Crippen LogP) is 16.9. The highest BCUT2D eigenvalue weighted by Crippen LogP contribution is 2.48. The summed E-state index contributed by atoms with van der Waals surface area (Å²) < 4.78 is 2.42. The van der Waals surface area contributed by atoms with E-state index >= 15 is 0 Å². The molecule has 0 bridgehead atoms. The van der Waals surface area contributed by atoms with Crippen LogP contribution in [0.2, 0.25) is 0 Å². The average Bonchev–Trinajstić information content (AvgIpc) is 3.77. The summed E-state index contributed by atoms with van der Waals surface area (Å²) in [4.78, 5) is 15.8. The molecule has 4 heteroatoms. The molecular formula is C61H37N3S. The van der Waals surface area contributed by atoms with Crippen molar-refractivity contribution < 1.29 is 0 Å². The van der Waals surface area contributed by atoms with Crippen LogP contribution in [-0.2, 0) is 0 Å². The van der Waals surface area contributed by atoms with E-state index in [9.17, 15) is 0 Å². The molecule has 2 aromatic heterocycles. The third kappa shape index (κ3) is 6.07. The van der Waals surface area contributed by atoms with Gasteiger partial charge in [-0.1, -0.05) is 206 Å². The topological polar surface area (TPSA) is 38.7 Å². The Bertz CT molecular complexity index is 3950. The molecule has 11 aromatic carbocycles.